The summed E-state index contributed by atoms with van der Waals surface area (Å²) in [6.45, 7) is 0. The molecule has 0 aromatic heterocycles. The molecule has 1 aliphatic carbocycles. The zero-order chi connectivity index (χ0) is 14.2. The number of hydrogen-bond donors (Lipinski definition) is 1. The number of benzene rings is 2. The lowest BCUT2D eigenvalue weighted by Gasteiger charge is -2.45. The van der Waals surface area contributed by atoms with Crippen molar-refractivity contribution in [2.45, 2.75) is 24.2 Å². The molecule has 0 unspecified atom stereocenters. The van der Waals surface area contributed by atoms with Crippen LogP contribution in [0.4, 0.5) is 0 Å². The maximum atomic E-state index is 11.8. The molecule has 1 N–H and O–H groups in total. The third-order valence-corrected chi connectivity index (χ3v) is 4.74. The van der Waals surface area contributed by atoms with Crippen LogP contribution >= 0.6 is 15.9 Å². The highest BCUT2D eigenvalue weighted by molar-refractivity contribution is 9.10. The standard InChI is InChI=1S/C17H15BrO2/c18-15-8-4-7-14(9-15)17(16(19)20)10-13(11-17)12-5-2-1-3-6-12/h1-9,13H,10-11H2,(H,19,20). The average molecular weight is 331 g/mol. The molecule has 0 heterocycles. The first-order valence-electron chi connectivity index (χ1n) is 6.66. The SMILES string of the molecule is O=C(O)C1(c2cccc(Br)c2)CC(c2ccccc2)C1. The summed E-state index contributed by atoms with van der Waals surface area (Å²) < 4.78 is 0.929. The minimum Gasteiger partial charge on any atom is -0.481 e. The van der Waals surface area contributed by atoms with E-state index >= 15 is 0 Å². The molecule has 0 amide bonds. The zero-order valence-corrected chi connectivity index (χ0v) is 12.5. The fraction of sp³-hybridized carbons (Fsp3) is 0.235. The fourth-order valence-corrected chi connectivity index (χ4v) is 3.46. The number of hydrogen-bond acceptors (Lipinski definition) is 1. The van der Waals surface area contributed by atoms with Gasteiger partial charge in [0.05, 0.1) is 5.41 Å². The van der Waals surface area contributed by atoms with Gasteiger partial charge in [-0.25, -0.2) is 0 Å². The van der Waals surface area contributed by atoms with E-state index in [0.29, 0.717) is 18.8 Å². The molecule has 1 aliphatic rings. The predicted molar refractivity (Wildman–Crippen MR) is 81.9 cm³/mol. The molecule has 3 rings (SSSR count). The normalized spacial score (nSPS) is 24.9. The Hall–Kier alpha value is -1.61. The Morgan fingerprint density at radius 2 is 1.80 bits per heavy atom. The molecule has 1 saturated carbocycles. The lowest BCUT2D eigenvalue weighted by molar-refractivity contribution is -0.148. The van der Waals surface area contributed by atoms with Crippen LogP contribution in [0, 0.1) is 0 Å². The Labute approximate surface area is 126 Å². The van der Waals surface area contributed by atoms with E-state index in [1.165, 1.54) is 5.56 Å². The molecule has 2 aromatic rings. The second kappa shape index (κ2) is 5.06. The molecule has 2 aromatic carbocycles. The van der Waals surface area contributed by atoms with Crippen molar-refractivity contribution in [3.05, 3.63) is 70.2 Å². The second-order valence-electron chi connectivity index (χ2n) is 5.41. The highest BCUT2D eigenvalue weighted by Gasteiger charge is 2.51. The third kappa shape index (κ3) is 2.16. The van der Waals surface area contributed by atoms with Gasteiger partial charge in [-0.05, 0) is 42.0 Å². The van der Waals surface area contributed by atoms with Crippen molar-refractivity contribution >= 4 is 21.9 Å². The third-order valence-electron chi connectivity index (χ3n) is 4.25. The van der Waals surface area contributed by atoms with E-state index in [9.17, 15) is 9.90 Å². The van der Waals surface area contributed by atoms with Crippen molar-refractivity contribution < 1.29 is 9.90 Å². The van der Waals surface area contributed by atoms with Crippen LogP contribution in [-0.4, -0.2) is 11.1 Å². The van der Waals surface area contributed by atoms with E-state index in [2.05, 4.69) is 28.1 Å². The van der Waals surface area contributed by atoms with Crippen molar-refractivity contribution in [1.82, 2.24) is 0 Å². The average Bonchev–Trinajstić information content (AvgIpc) is 2.38. The largest absolute Gasteiger partial charge is 0.481 e. The van der Waals surface area contributed by atoms with E-state index in [4.69, 9.17) is 0 Å². The van der Waals surface area contributed by atoms with E-state index in [1.54, 1.807) is 0 Å². The summed E-state index contributed by atoms with van der Waals surface area (Å²) >= 11 is 3.42. The minimum absolute atomic E-state index is 0.339. The van der Waals surface area contributed by atoms with Crippen LogP contribution in [0.2, 0.25) is 0 Å². The zero-order valence-electron chi connectivity index (χ0n) is 10.9. The molecule has 0 spiro atoms. The highest BCUT2D eigenvalue weighted by Crippen LogP contribution is 2.53. The molecular weight excluding hydrogens is 316 g/mol. The van der Waals surface area contributed by atoms with E-state index in [1.807, 2.05) is 42.5 Å². The molecule has 1 fully saturated rings. The van der Waals surface area contributed by atoms with Crippen LogP contribution < -0.4 is 0 Å². The number of rotatable bonds is 3. The van der Waals surface area contributed by atoms with Gasteiger partial charge in [0.1, 0.15) is 0 Å². The molecule has 20 heavy (non-hydrogen) atoms. The maximum Gasteiger partial charge on any atom is 0.314 e. The molecule has 0 bridgehead atoms. The number of carboxylic acids is 1. The molecule has 0 radical (unpaired) electrons. The van der Waals surface area contributed by atoms with Gasteiger partial charge < -0.3 is 5.11 Å². The van der Waals surface area contributed by atoms with Gasteiger partial charge in [-0.1, -0.05) is 58.4 Å². The van der Waals surface area contributed by atoms with Crippen molar-refractivity contribution in [2.75, 3.05) is 0 Å². The van der Waals surface area contributed by atoms with Crippen LogP contribution in [0.1, 0.15) is 29.9 Å². The van der Waals surface area contributed by atoms with Crippen molar-refractivity contribution in [2.24, 2.45) is 0 Å². The van der Waals surface area contributed by atoms with Gasteiger partial charge in [-0.15, -0.1) is 0 Å². The number of aliphatic carboxylic acids is 1. The Morgan fingerprint density at radius 1 is 1.10 bits per heavy atom. The van der Waals surface area contributed by atoms with Crippen LogP contribution in [-0.2, 0) is 10.2 Å². The lowest BCUT2D eigenvalue weighted by Crippen LogP contribution is -2.46. The Balaban J connectivity index is 1.89. The molecule has 0 atom stereocenters. The first kappa shape index (κ1) is 13.4. The Kier molecular flexibility index (Phi) is 3.38. The molecular formula is C17H15BrO2. The van der Waals surface area contributed by atoms with Gasteiger partial charge in [0.2, 0.25) is 0 Å². The minimum atomic E-state index is -0.732. The van der Waals surface area contributed by atoms with Crippen molar-refractivity contribution in [1.29, 1.82) is 0 Å². The van der Waals surface area contributed by atoms with E-state index < -0.39 is 11.4 Å². The smallest absolute Gasteiger partial charge is 0.314 e. The summed E-state index contributed by atoms with van der Waals surface area (Å²) in [5.41, 5.74) is 1.40. The summed E-state index contributed by atoms with van der Waals surface area (Å²) in [5.74, 6) is -0.380. The Morgan fingerprint density at radius 3 is 2.40 bits per heavy atom. The van der Waals surface area contributed by atoms with Gasteiger partial charge >= 0.3 is 5.97 Å². The molecule has 2 nitrogen and oxygen atoms in total. The van der Waals surface area contributed by atoms with Crippen molar-refractivity contribution in [3.8, 4) is 0 Å². The summed E-state index contributed by atoms with van der Waals surface area (Å²) in [4.78, 5) is 11.8. The predicted octanol–water partition coefficient (Wildman–Crippen LogP) is 4.35. The number of carboxylic acid groups (broad SMARTS) is 1. The van der Waals surface area contributed by atoms with Crippen LogP contribution in [0.5, 0.6) is 0 Å². The van der Waals surface area contributed by atoms with Gasteiger partial charge in [0.15, 0.2) is 0 Å². The first-order valence-corrected chi connectivity index (χ1v) is 7.45. The number of carbonyl (C=O) groups is 1. The van der Waals surface area contributed by atoms with Gasteiger partial charge in [-0.2, -0.15) is 0 Å². The van der Waals surface area contributed by atoms with Crippen LogP contribution in [0.3, 0.4) is 0 Å². The maximum absolute atomic E-state index is 11.8. The molecule has 3 heteroatoms. The first-order chi connectivity index (χ1) is 9.62. The summed E-state index contributed by atoms with van der Waals surface area (Å²) in [6.07, 6.45) is 1.34. The van der Waals surface area contributed by atoms with E-state index in [-0.39, 0.29) is 0 Å². The lowest BCUT2D eigenvalue weighted by atomic mass is 9.57. The quantitative estimate of drug-likeness (QED) is 0.908. The molecule has 0 saturated heterocycles. The highest BCUT2D eigenvalue weighted by atomic mass is 79.9. The summed E-state index contributed by atoms with van der Waals surface area (Å²) in [6, 6.07) is 17.8. The number of halogens is 1. The van der Waals surface area contributed by atoms with Gasteiger partial charge in [-0.3, -0.25) is 4.79 Å². The molecule has 0 aliphatic heterocycles. The van der Waals surface area contributed by atoms with Crippen LogP contribution in [0.25, 0.3) is 0 Å². The Bertz CT molecular complexity index is 630. The molecule has 102 valence electrons. The summed E-state index contributed by atoms with van der Waals surface area (Å²) in [5, 5.41) is 9.68. The van der Waals surface area contributed by atoms with Gasteiger partial charge in [0.25, 0.3) is 0 Å². The second-order valence-corrected chi connectivity index (χ2v) is 6.33. The van der Waals surface area contributed by atoms with Gasteiger partial charge in [0, 0.05) is 4.47 Å². The fourth-order valence-electron chi connectivity index (χ4n) is 3.06. The van der Waals surface area contributed by atoms with Crippen molar-refractivity contribution in [3.63, 3.8) is 0 Å². The van der Waals surface area contributed by atoms with E-state index in [0.717, 1.165) is 10.0 Å². The van der Waals surface area contributed by atoms with Crippen LogP contribution in [0.15, 0.2) is 59.1 Å². The summed E-state index contributed by atoms with van der Waals surface area (Å²) in [7, 11) is 0. The monoisotopic (exact) mass is 330 g/mol. The topological polar surface area (TPSA) is 37.3 Å².